The Morgan fingerprint density at radius 2 is 2.50 bits per heavy atom. The molecular weight excluding hydrogens is 157 g/mol. The van der Waals surface area contributed by atoms with Crippen molar-refractivity contribution >= 4 is 6.08 Å². The Morgan fingerprint density at radius 1 is 1.75 bits per heavy atom. The summed E-state index contributed by atoms with van der Waals surface area (Å²) in [6.45, 7) is 2.15. The summed E-state index contributed by atoms with van der Waals surface area (Å²) in [5.74, 6) is 0.414. The smallest absolute Gasteiger partial charge is 0.234 e. The van der Waals surface area contributed by atoms with Crippen LogP contribution < -0.4 is 0 Å². The average molecular weight is 171 g/mol. The van der Waals surface area contributed by atoms with Gasteiger partial charge in [-0.05, 0) is 38.5 Å². The van der Waals surface area contributed by atoms with Crippen molar-refractivity contribution < 1.29 is 9.18 Å². The molecule has 0 aromatic heterocycles. The first-order valence-electron chi connectivity index (χ1n) is 4.36. The zero-order valence-corrected chi connectivity index (χ0v) is 7.35. The summed E-state index contributed by atoms with van der Waals surface area (Å²) in [5.41, 5.74) is -0.977. The van der Waals surface area contributed by atoms with Crippen LogP contribution in [0.3, 0.4) is 0 Å². The van der Waals surface area contributed by atoms with Gasteiger partial charge >= 0.3 is 0 Å². The fourth-order valence-corrected chi connectivity index (χ4v) is 1.85. The lowest BCUT2D eigenvalue weighted by atomic mass is 10.0. The number of hydrogen-bond donors (Lipinski definition) is 0. The van der Waals surface area contributed by atoms with Crippen molar-refractivity contribution in [2.45, 2.75) is 38.3 Å². The highest BCUT2D eigenvalue weighted by Crippen LogP contribution is 2.38. The summed E-state index contributed by atoms with van der Waals surface area (Å²) < 4.78 is 13.3. The molecule has 2 atom stereocenters. The van der Waals surface area contributed by atoms with Crippen LogP contribution in [0, 0.1) is 5.92 Å². The van der Waals surface area contributed by atoms with Crippen molar-refractivity contribution in [1.29, 1.82) is 0 Å². The van der Waals surface area contributed by atoms with Crippen molar-refractivity contribution in [3.63, 3.8) is 0 Å². The van der Waals surface area contributed by atoms with Gasteiger partial charge in [0.25, 0.3) is 0 Å². The van der Waals surface area contributed by atoms with Crippen LogP contribution in [0.2, 0.25) is 0 Å². The second-order valence-electron chi connectivity index (χ2n) is 3.78. The van der Waals surface area contributed by atoms with E-state index in [1.165, 1.54) is 6.08 Å². The Kier molecular flexibility index (Phi) is 2.99. The molecule has 2 unspecified atom stereocenters. The average Bonchev–Trinajstić information content (AvgIpc) is 2.31. The molecule has 1 aliphatic carbocycles. The lowest BCUT2D eigenvalue weighted by Crippen LogP contribution is -2.12. The summed E-state index contributed by atoms with van der Waals surface area (Å²) in [6.07, 6.45) is 4.54. The SMILES string of the molecule is CC1(F)CCC(CCN=C=O)C1. The minimum atomic E-state index is -0.977. The largest absolute Gasteiger partial charge is 0.244 e. The number of halogens is 1. The topological polar surface area (TPSA) is 29.4 Å². The zero-order valence-electron chi connectivity index (χ0n) is 7.35. The molecule has 0 amide bonds. The van der Waals surface area contributed by atoms with Crippen LogP contribution in [-0.4, -0.2) is 18.3 Å². The number of carbonyl (C=O) groups excluding carboxylic acids is 1. The van der Waals surface area contributed by atoms with Crippen LogP contribution >= 0.6 is 0 Å². The van der Waals surface area contributed by atoms with Gasteiger partial charge in [0.1, 0.15) is 5.67 Å². The first kappa shape index (κ1) is 9.40. The molecule has 0 N–H and O–H groups in total. The van der Waals surface area contributed by atoms with Gasteiger partial charge < -0.3 is 0 Å². The Morgan fingerprint density at radius 3 is 3.00 bits per heavy atom. The molecule has 0 heterocycles. The van der Waals surface area contributed by atoms with Crippen molar-refractivity contribution in [3.05, 3.63) is 0 Å². The van der Waals surface area contributed by atoms with Gasteiger partial charge in [-0.15, -0.1) is 0 Å². The Hall–Kier alpha value is -0.690. The van der Waals surface area contributed by atoms with E-state index in [-0.39, 0.29) is 0 Å². The first-order chi connectivity index (χ1) is 5.64. The number of nitrogens with zero attached hydrogens (tertiary/aromatic N) is 1. The van der Waals surface area contributed by atoms with Crippen LogP contribution in [0.1, 0.15) is 32.6 Å². The van der Waals surface area contributed by atoms with E-state index in [0.717, 1.165) is 12.8 Å². The maximum atomic E-state index is 13.3. The molecule has 0 aliphatic heterocycles. The standard InChI is InChI=1S/C9H14FNO/c1-9(10)4-2-8(6-9)3-5-11-7-12/h8H,2-6H2,1H3. The van der Waals surface area contributed by atoms with E-state index >= 15 is 0 Å². The molecule has 0 saturated heterocycles. The molecule has 1 saturated carbocycles. The van der Waals surface area contributed by atoms with Crippen molar-refractivity contribution in [2.24, 2.45) is 10.9 Å². The Bertz CT molecular complexity index is 197. The van der Waals surface area contributed by atoms with Crippen molar-refractivity contribution in [3.8, 4) is 0 Å². The molecule has 1 aliphatic rings. The molecule has 12 heavy (non-hydrogen) atoms. The fraction of sp³-hybridized carbons (Fsp3) is 0.889. The van der Waals surface area contributed by atoms with Gasteiger partial charge in [-0.2, -0.15) is 0 Å². The monoisotopic (exact) mass is 171 g/mol. The summed E-state index contributed by atoms with van der Waals surface area (Å²) in [5, 5.41) is 0. The number of rotatable bonds is 3. The van der Waals surface area contributed by atoms with E-state index in [1.807, 2.05) is 0 Å². The summed E-state index contributed by atoms with van der Waals surface area (Å²) in [7, 11) is 0. The number of alkyl halides is 1. The molecule has 0 radical (unpaired) electrons. The second kappa shape index (κ2) is 3.81. The molecule has 0 aromatic rings. The van der Waals surface area contributed by atoms with Gasteiger partial charge in [-0.25, -0.2) is 14.2 Å². The maximum Gasteiger partial charge on any atom is 0.234 e. The second-order valence-corrected chi connectivity index (χ2v) is 3.78. The quantitative estimate of drug-likeness (QED) is 0.473. The van der Waals surface area contributed by atoms with Gasteiger partial charge in [-0.3, -0.25) is 0 Å². The molecule has 0 spiro atoms. The number of hydrogen-bond acceptors (Lipinski definition) is 2. The van der Waals surface area contributed by atoms with Crippen LogP contribution in [0.5, 0.6) is 0 Å². The maximum absolute atomic E-state index is 13.3. The van der Waals surface area contributed by atoms with Crippen molar-refractivity contribution in [1.82, 2.24) is 0 Å². The predicted molar refractivity (Wildman–Crippen MR) is 44.5 cm³/mol. The van der Waals surface area contributed by atoms with Gasteiger partial charge in [-0.1, -0.05) is 0 Å². The van der Waals surface area contributed by atoms with Crippen LogP contribution in [0.15, 0.2) is 4.99 Å². The van der Waals surface area contributed by atoms with Gasteiger partial charge in [0, 0.05) is 0 Å². The van der Waals surface area contributed by atoms with E-state index < -0.39 is 5.67 Å². The fourth-order valence-electron chi connectivity index (χ4n) is 1.85. The molecule has 1 rings (SSSR count). The van der Waals surface area contributed by atoms with E-state index in [0.29, 0.717) is 25.3 Å². The lowest BCUT2D eigenvalue weighted by Gasteiger charge is -2.11. The normalized spacial score (nSPS) is 34.7. The van der Waals surface area contributed by atoms with Crippen LogP contribution in [0.4, 0.5) is 4.39 Å². The number of isocyanates is 1. The molecule has 2 nitrogen and oxygen atoms in total. The minimum absolute atomic E-state index is 0.414. The van der Waals surface area contributed by atoms with Gasteiger partial charge in [0.05, 0.1) is 6.54 Å². The van der Waals surface area contributed by atoms with Crippen LogP contribution in [-0.2, 0) is 4.79 Å². The van der Waals surface area contributed by atoms with E-state index in [9.17, 15) is 9.18 Å². The van der Waals surface area contributed by atoms with E-state index in [1.54, 1.807) is 6.92 Å². The van der Waals surface area contributed by atoms with Gasteiger partial charge in [0.2, 0.25) is 6.08 Å². The van der Waals surface area contributed by atoms with E-state index in [2.05, 4.69) is 4.99 Å². The number of aliphatic imine (C=N–C) groups is 1. The molecule has 0 bridgehead atoms. The molecular formula is C9H14FNO. The molecule has 1 fully saturated rings. The molecule has 0 aromatic carbocycles. The Balaban J connectivity index is 2.24. The lowest BCUT2D eigenvalue weighted by molar-refractivity contribution is 0.191. The summed E-state index contributed by atoms with van der Waals surface area (Å²) in [6, 6.07) is 0. The molecule has 68 valence electrons. The highest BCUT2D eigenvalue weighted by Gasteiger charge is 2.34. The zero-order chi connectivity index (χ0) is 9.03. The first-order valence-corrected chi connectivity index (χ1v) is 4.36. The predicted octanol–water partition coefficient (Wildman–Crippen LogP) is 2.24. The molecule has 3 heteroatoms. The Labute approximate surface area is 71.9 Å². The third-order valence-electron chi connectivity index (χ3n) is 2.50. The minimum Gasteiger partial charge on any atom is -0.244 e. The van der Waals surface area contributed by atoms with E-state index in [4.69, 9.17) is 0 Å². The third-order valence-corrected chi connectivity index (χ3v) is 2.50. The third kappa shape index (κ3) is 2.74. The van der Waals surface area contributed by atoms with Gasteiger partial charge in [0.15, 0.2) is 0 Å². The van der Waals surface area contributed by atoms with Crippen LogP contribution in [0.25, 0.3) is 0 Å². The summed E-state index contributed by atoms with van der Waals surface area (Å²) in [4.78, 5) is 13.2. The highest BCUT2D eigenvalue weighted by atomic mass is 19.1. The highest BCUT2D eigenvalue weighted by molar-refractivity contribution is 5.32. The van der Waals surface area contributed by atoms with Crippen molar-refractivity contribution in [2.75, 3.05) is 6.54 Å². The summed E-state index contributed by atoms with van der Waals surface area (Å²) >= 11 is 0.